The van der Waals surface area contributed by atoms with E-state index in [1.165, 1.54) is 0 Å². The van der Waals surface area contributed by atoms with Crippen LogP contribution in [0.25, 0.3) is 5.82 Å². The number of aromatic nitrogens is 3. The summed E-state index contributed by atoms with van der Waals surface area (Å²) in [5.74, 6) is 1.07. The van der Waals surface area contributed by atoms with E-state index in [1.54, 1.807) is 17.1 Å². The summed E-state index contributed by atoms with van der Waals surface area (Å²) in [7, 11) is 0. The molecule has 0 atom stereocenters. The highest BCUT2D eigenvalue weighted by Crippen LogP contribution is 2.21. The van der Waals surface area contributed by atoms with Crippen LogP contribution in [0.5, 0.6) is 0 Å². The number of rotatable bonds is 4. The second-order valence-electron chi connectivity index (χ2n) is 5.88. The van der Waals surface area contributed by atoms with Crippen LogP contribution >= 0.6 is 0 Å². The lowest BCUT2D eigenvalue weighted by atomic mass is 9.97. The van der Waals surface area contributed by atoms with Crippen LogP contribution in [-0.4, -0.2) is 50.4 Å². The molecular weight excluding hydrogens is 292 g/mol. The zero-order chi connectivity index (χ0) is 16.2. The number of likely N-dealkylation sites (tertiary alicyclic amines) is 1. The standard InChI is InChI=1S/C17H22N4O2/c1-2-15-14(11-19-21(15)16-5-3-4-8-18-16)17(23)20-9-6-13(12-22)7-10-20/h3-5,8,11,13,22H,2,6-7,9-10,12H2,1H3. The fourth-order valence-corrected chi connectivity index (χ4v) is 3.06. The minimum Gasteiger partial charge on any atom is -0.396 e. The smallest absolute Gasteiger partial charge is 0.257 e. The molecule has 1 aliphatic heterocycles. The lowest BCUT2D eigenvalue weighted by Crippen LogP contribution is -2.39. The molecule has 1 fully saturated rings. The summed E-state index contributed by atoms with van der Waals surface area (Å²) in [4.78, 5) is 19.0. The van der Waals surface area contributed by atoms with E-state index in [4.69, 9.17) is 0 Å². The molecule has 2 aromatic rings. The molecule has 1 N–H and O–H groups in total. The second-order valence-corrected chi connectivity index (χ2v) is 5.88. The van der Waals surface area contributed by atoms with Gasteiger partial charge in [0.2, 0.25) is 0 Å². The van der Waals surface area contributed by atoms with Crippen LogP contribution in [-0.2, 0) is 6.42 Å². The summed E-state index contributed by atoms with van der Waals surface area (Å²) >= 11 is 0. The van der Waals surface area contributed by atoms with Crippen molar-refractivity contribution in [1.82, 2.24) is 19.7 Å². The molecule has 1 saturated heterocycles. The minimum absolute atomic E-state index is 0.0282. The third-order valence-corrected chi connectivity index (χ3v) is 4.46. The molecular formula is C17H22N4O2. The molecule has 0 aromatic carbocycles. The Bertz CT molecular complexity index is 660. The van der Waals surface area contributed by atoms with Crippen molar-refractivity contribution in [3.63, 3.8) is 0 Å². The highest BCUT2D eigenvalue weighted by atomic mass is 16.3. The quantitative estimate of drug-likeness (QED) is 0.932. The fraction of sp³-hybridized carbons (Fsp3) is 0.471. The molecule has 0 bridgehead atoms. The van der Waals surface area contributed by atoms with Crippen LogP contribution in [0, 0.1) is 5.92 Å². The van der Waals surface area contributed by atoms with Crippen LogP contribution in [0.15, 0.2) is 30.6 Å². The Morgan fingerprint density at radius 1 is 1.35 bits per heavy atom. The second kappa shape index (κ2) is 6.91. The predicted molar refractivity (Wildman–Crippen MR) is 86.5 cm³/mol. The number of hydrogen-bond donors (Lipinski definition) is 1. The van der Waals surface area contributed by atoms with Gasteiger partial charge in [-0.2, -0.15) is 5.10 Å². The number of carbonyl (C=O) groups is 1. The first-order valence-corrected chi connectivity index (χ1v) is 8.13. The van der Waals surface area contributed by atoms with Gasteiger partial charge in [-0.25, -0.2) is 9.67 Å². The maximum atomic E-state index is 12.8. The highest BCUT2D eigenvalue weighted by molar-refractivity contribution is 5.95. The molecule has 23 heavy (non-hydrogen) atoms. The molecule has 122 valence electrons. The Hall–Kier alpha value is -2.21. The largest absolute Gasteiger partial charge is 0.396 e. The van der Waals surface area contributed by atoms with E-state index in [9.17, 15) is 9.90 Å². The Morgan fingerprint density at radius 3 is 2.74 bits per heavy atom. The summed E-state index contributed by atoms with van der Waals surface area (Å²) in [5, 5.41) is 13.6. The molecule has 1 amide bonds. The Kier molecular flexibility index (Phi) is 4.71. The van der Waals surface area contributed by atoms with Crippen molar-refractivity contribution in [3.05, 3.63) is 41.9 Å². The lowest BCUT2D eigenvalue weighted by Gasteiger charge is -2.31. The van der Waals surface area contributed by atoms with Crippen LogP contribution in [0.3, 0.4) is 0 Å². The number of amides is 1. The van der Waals surface area contributed by atoms with Crippen LogP contribution in [0.4, 0.5) is 0 Å². The summed E-state index contributed by atoms with van der Waals surface area (Å²) in [6, 6.07) is 5.65. The average Bonchev–Trinajstić information content (AvgIpc) is 3.06. The minimum atomic E-state index is 0.0282. The van der Waals surface area contributed by atoms with E-state index >= 15 is 0 Å². The van der Waals surface area contributed by atoms with E-state index < -0.39 is 0 Å². The molecule has 0 spiro atoms. The van der Waals surface area contributed by atoms with Crippen molar-refractivity contribution in [2.45, 2.75) is 26.2 Å². The highest BCUT2D eigenvalue weighted by Gasteiger charge is 2.26. The number of piperidine rings is 1. The third kappa shape index (κ3) is 3.12. The lowest BCUT2D eigenvalue weighted by molar-refractivity contribution is 0.0650. The molecule has 0 saturated carbocycles. The molecule has 3 heterocycles. The molecule has 0 aliphatic carbocycles. The maximum absolute atomic E-state index is 12.8. The van der Waals surface area contributed by atoms with Gasteiger partial charge in [-0.3, -0.25) is 4.79 Å². The van der Waals surface area contributed by atoms with E-state index in [2.05, 4.69) is 10.1 Å². The number of hydrogen-bond acceptors (Lipinski definition) is 4. The molecule has 3 rings (SSSR count). The van der Waals surface area contributed by atoms with Gasteiger partial charge in [-0.15, -0.1) is 0 Å². The van der Waals surface area contributed by atoms with Crippen molar-refractivity contribution < 1.29 is 9.90 Å². The first-order chi connectivity index (χ1) is 11.2. The van der Waals surface area contributed by atoms with Gasteiger partial charge in [0, 0.05) is 25.9 Å². The van der Waals surface area contributed by atoms with Crippen molar-refractivity contribution >= 4 is 5.91 Å². The number of pyridine rings is 1. The Morgan fingerprint density at radius 2 is 2.13 bits per heavy atom. The molecule has 0 radical (unpaired) electrons. The zero-order valence-electron chi connectivity index (χ0n) is 13.4. The third-order valence-electron chi connectivity index (χ3n) is 4.46. The first-order valence-electron chi connectivity index (χ1n) is 8.13. The van der Waals surface area contributed by atoms with Gasteiger partial charge in [-0.1, -0.05) is 13.0 Å². The van der Waals surface area contributed by atoms with Crippen molar-refractivity contribution in [2.24, 2.45) is 5.92 Å². The summed E-state index contributed by atoms with van der Waals surface area (Å²) in [6.07, 6.45) is 5.80. The van der Waals surface area contributed by atoms with Gasteiger partial charge in [0.05, 0.1) is 17.5 Å². The van der Waals surface area contributed by atoms with Gasteiger partial charge in [0.1, 0.15) is 0 Å². The topological polar surface area (TPSA) is 71.2 Å². The monoisotopic (exact) mass is 314 g/mol. The maximum Gasteiger partial charge on any atom is 0.257 e. The SMILES string of the molecule is CCc1c(C(=O)N2CCC(CO)CC2)cnn1-c1ccccn1. The van der Waals surface area contributed by atoms with Crippen LogP contribution in [0.1, 0.15) is 35.8 Å². The van der Waals surface area contributed by atoms with Crippen LogP contribution in [0.2, 0.25) is 0 Å². The number of aliphatic hydroxyl groups excluding tert-OH is 1. The van der Waals surface area contributed by atoms with Gasteiger partial charge in [0.15, 0.2) is 5.82 Å². The first kappa shape index (κ1) is 15.7. The summed E-state index contributed by atoms with van der Waals surface area (Å²) < 4.78 is 1.74. The predicted octanol–water partition coefficient (Wildman–Crippen LogP) is 1.67. The van der Waals surface area contributed by atoms with Gasteiger partial charge in [0.25, 0.3) is 5.91 Å². The summed E-state index contributed by atoms with van der Waals surface area (Å²) in [5.41, 5.74) is 1.54. The van der Waals surface area contributed by atoms with E-state index in [0.29, 0.717) is 31.0 Å². The fourth-order valence-electron chi connectivity index (χ4n) is 3.06. The van der Waals surface area contributed by atoms with Crippen LogP contribution < -0.4 is 0 Å². The van der Waals surface area contributed by atoms with Gasteiger partial charge >= 0.3 is 0 Å². The normalized spacial score (nSPS) is 15.8. The number of nitrogens with zero attached hydrogens (tertiary/aromatic N) is 4. The van der Waals surface area contributed by atoms with Gasteiger partial charge in [-0.05, 0) is 37.3 Å². The van der Waals surface area contributed by atoms with Gasteiger partial charge < -0.3 is 10.0 Å². The molecule has 6 nitrogen and oxygen atoms in total. The van der Waals surface area contributed by atoms with E-state index in [1.807, 2.05) is 30.0 Å². The van der Waals surface area contributed by atoms with E-state index in [-0.39, 0.29) is 12.5 Å². The van der Waals surface area contributed by atoms with Crippen molar-refractivity contribution in [3.8, 4) is 5.82 Å². The number of carbonyl (C=O) groups excluding carboxylic acids is 1. The summed E-state index contributed by atoms with van der Waals surface area (Å²) in [6.45, 7) is 3.62. The molecule has 1 aliphatic rings. The molecule has 6 heteroatoms. The van der Waals surface area contributed by atoms with Crippen molar-refractivity contribution in [1.29, 1.82) is 0 Å². The Labute approximate surface area is 135 Å². The molecule has 2 aromatic heterocycles. The van der Waals surface area contributed by atoms with Crippen molar-refractivity contribution in [2.75, 3.05) is 19.7 Å². The zero-order valence-corrected chi connectivity index (χ0v) is 13.4. The average molecular weight is 314 g/mol. The number of aliphatic hydroxyl groups is 1. The molecule has 0 unspecified atom stereocenters. The van der Waals surface area contributed by atoms with E-state index in [0.717, 1.165) is 24.4 Å². The Balaban J connectivity index is 1.83.